The van der Waals surface area contributed by atoms with Gasteiger partial charge in [-0.3, -0.25) is 14.4 Å². The van der Waals surface area contributed by atoms with Gasteiger partial charge in [0.2, 0.25) is 0 Å². The highest BCUT2D eigenvalue weighted by Gasteiger charge is 2.16. The van der Waals surface area contributed by atoms with Crippen LogP contribution < -0.4 is 0 Å². The molecule has 0 saturated carbocycles. The fourth-order valence-corrected chi connectivity index (χ4v) is 6.32. The van der Waals surface area contributed by atoms with Gasteiger partial charge in [0.15, 0.2) is 5.65 Å². The lowest BCUT2D eigenvalue weighted by molar-refractivity contribution is 1.19. The normalized spacial score (nSPS) is 11.4. The van der Waals surface area contributed by atoms with Crippen molar-refractivity contribution in [3.8, 4) is 56.0 Å². The van der Waals surface area contributed by atoms with E-state index in [1.807, 2.05) is 48.7 Å². The molecule has 9 rings (SSSR count). The summed E-state index contributed by atoms with van der Waals surface area (Å²) >= 11 is 0. The van der Waals surface area contributed by atoms with Crippen molar-refractivity contribution in [1.82, 2.24) is 29.3 Å². The van der Waals surface area contributed by atoms with Crippen molar-refractivity contribution in [2.45, 2.75) is 0 Å². The first kappa shape index (κ1) is 26.8. The molecule has 0 aliphatic heterocycles. The van der Waals surface area contributed by atoms with Crippen LogP contribution in [0.4, 0.5) is 0 Å². The van der Waals surface area contributed by atoms with Gasteiger partial charge in [-0.2, -0.15) is 0 Å². The number of fused-ring (bicyclic) bond motifs is 5. The molecule has 6 heteroatoms. The van der Waals surface area contributed by atoms with Gasteiger partial charge in [-0.05, 0) is 82.9 Å². The molecule has 47 heavy (non-hydrogen) atoms. The van der Waals surface area contributed by atoms with E-state index in [0.717, 1.165) is 83.6 Å². The van der Waals surface area contributed by atoms with Crippen LogP contribution in [0.25, 0.3) is 83.6 Å². The third-order valence-electron chi connectivity index (χ3n) is 8.60. The van der Waals surface area contributed by atoms with E-state index in [2.05, 4.69) is 99.3 Å². The number of imidazole rings is 1. The minimum Gasteiger partial charge on any atom is -0.284 e. The molecule has 0 bridgehead atoms. The number of benzene rings is 3. The van der Waals surface area contributed by atoms with E-state index in [0.29, 0.717) is 0 Å². The summed E-state index contributed by atoms with van der Waals surface area (Å²) in [5.41, 5.74) is 12.9. The first-order valence-corrected chi connectivity index (χ1v) is 15.5. The van der Waals surface area contributed by atoms with Crippen LogP contribution in [-0.2, 0) is 0 Å². The monoisotopic (exact) mass is 602 g/mol. The summed E-state index contributed by atoms with van der Waals surface area (Å²) < 4.78 is 2.06. The van der Waals surface area contributed by atoms with Gasteiger partial charge < -0.3 is 0 Å². The van der Waals surface area contributed by atoms with E-state index < -0.39 is 0 Å². The smallest absolute Gasteiger partial charge is 0.165 e. The van der Waals surface area contributed by atoms with Gasteiger partial charge in [0.1, 0.15) is 11.2 Å². The summed E-state index contributed by atoms with van der Waals surface area (Å²) in [4.78, 5) is 23.6. The number of aromatic nitrogens is 6. The van der Waals surface area contributed by atoms with Crippen molar-refractivity contribution < 1.29 is 0 Å². The van der Waals surface area contributed by atoms with Gasteiger partial charge in [0.25, 0.3) is 0 Å². The largest absolute Gasteiger partial charge is 0.284 e. The summed E-state index contributed by atoms with van der Waals surface area (Å²) in [6.45, 7) is 0. The molecule has 0 spiro atoms. The van der Waals surface area contributed by atoms with Crippen molar-refractivity contribution in [1.29, 1.82) is 0 Å². The second-order valence-electron chi connectivity index (χ2n) is 11.5. The first-order chi connectivity index (χ1) is 23.3. The molecule has 3 aromatic carbocycles. The van der Waals surface area contributed by atoms with Gasteiger partial charge in [0.05, 0.1) is 17.1 Å². The Balaban J connectivity index is 1.17. The van der Waals surface area contributed by atoms with Gasteiger partial charge in [-0.25, -0.2) is 15.0 Å². The Labute approximate surface area is 270 Å². The summed E-state index contributed by atoms with van der Waals surface area (Å²) in [5, 5.41) is 2.18. The van der Waals surface area contributed by atoms with Gasteiger partial charge in [-0.1, -0.05) is 66.7 Å². The fraction of sp³-hybridized carbons (Fsp3) is 0. The van der Waals surface area contributed by atoms with E-state index in [1.165, 1.54) is 0 Å². The highest BCUT2D eigenvalue weighted by Crippen LogP contribution is 2.36. The lowest BCUT2D eigenvalue weighted by Crippen LogP contribution is -1.92. The third kappa shape index (κ3) is 4.80. The quantitative estimate of drug-likeness (QED) is 0.196. The summed E-state index contributed by atoms with van der Waals surface area (Å²) in [6.07, 6.45) is 9.23. The lowest BCUT2D eigenvalue weighted by atomic mass is 9.95. The molecular formula is C41H26N6. The van der Waals surface area contributed by atoms with Crippen LogP contribution in [0.1, 0.15) is 0 Å². The molecule has 0 amide bonds. The maximum absolute atomic E-state index is 5.22. The van der Waals surface area contributed by atoms with Crippen molar-refractivity contribution in [2.75, 3.05) is 0 Å². The lowest BCUT2D eigenvalue weighted by Gasteiger charge is -2.12. The molecule has 6 aromatic heterocycles. The molecule has 220 valence electrons. The van der Waals surface area contributed by atoms with E-state index in [-0.39, 0.29) is 0 Å². The van der Waals surface area contributed by atoms with Crippen LogP contribution in [0.15, 0.2) is 158 Å². The predicted octanol–water partition coefficient (Wildman–Crippen LogP) is 9.56. The molecule has 0 aliphatic rings. The molecule has 0 radical (unpaired) electrons. The minimum absolute atomic E-state index is 0.856. The fourth-order valence-electron chi connectivity index (χ4n) is 6.32. The van der Waals surface area contributed by atoms with Crippen LogP contribution in [0.5, 0.6) is 0 Å². The summed E-state index contributed by atoms with van der Waals surface area (Å²) in [7, 11) is 0. The second-order valence-corrected chi connectivity index (χ2v) is 11.5. The number of nitrogens with zero attached hydrogens (tertiary/aromatic N) is 6. The predicted molar refractivity (Wildman–Crippen MR) is 189 cm³/mol. The molecule has 0 fully saturated rings. The van der Waals surface area contributed by atoms with E-state index in [4.69, 9.17) is 15.0 Å². The number of hydrogen-bond acceptors (Lipinski definition) is 5. The maximum atomic E-state index is 5.22. The van der Waals surface area contributed by atoms with Crippen LogP contribution >= 0.6 is 0 Å². The first-order valence-electron chi connectivity index (χ1n) is 15.5. The van der Waals surface area contributed by atoms with Gasteiger partial charge >= 0.3 is 0 Å². The van der Waals surface area contributed by atoms with E-state index in [9.17, 15) is 0 Å². The van der Waals surface area contributed by atoms with Crippen LogP contribution in [0.3, 0.4) is 0 Å². The maximum Gasteiger partial charge on any atom is 0.165 e. The Morgan fingerprint density at radius 3 is 1.66 bits per heavy atom. The molecule has 0 atom stereocenters. The van der Waals surface area contributed by atoms with Crippen molar-refractivity contribution >= 4 is 27.6 Å². The Morgan fingerprint density at radius 2 is 0.979 bits per heavy atom. The Morgan fingerprint density at radius 1 is 0.404 bits per heavy atom. The van der Waals surface area contributed by atoms with E-state index >= 15 is 0 Å². The van der Waals surface area contributed by atoms with Crippen molar-refractivity contribution in [3.05, 3.63) is 158 Å². The standard InChI is InChI=1S/C41H26N6/c1-2-12-35-34(11-1)39(46-41-40(35)45-38-13-3-4-22-47(38)41)32-10-6-8-30(24-32)29-7-5-9-31(23-29)33-25-36(27-14-18-42-19-15-27)44-37(26-33)28-16-20-43-21-17-28/h1-26H. The van der Waals surface area contributed by atoms with Gasteiger partial charge in [-0.15, -0.1) is 0 Å². The second kappa shape index (κ2) is 11.1. The summed E-state index contributed by atoms with van der Waals surface area (Å²) in [6, 6.07) is 44.1. The highest BCUT2D eigenvalue weighted by atomic mass is 15.1. The molecule has 0 unspecified atom stereocenters. The zero-order chi connectivity index (χ0) is 31.2. The van der Waals surface area contributed by atoms with E-state index in [1.54, 1.807) is 24.8 Å². The highest BCUT2D eigenvalue weighted by molar-refractivity contribution is 6.09. The van der Waals surface area contributed by atoms with Crippen molar-refractivity contribution in [3.63, 3.8) is 0 Å². The number of rotatable bonds is 5. The number of pyridine rings is 5. The zero-order valence-corrected chi connectivity index (χ0v) is 25.2. The Bertz CT molecular complexity index is 2520. The average Bonchev–Trinajstić information content (AvgIpc) is 3.54. The third-order valence-corrected chi connectivity index (χ3v) is 8.60. The van der Waals surface area contributed by atoms with Crippen molar-refractivity contribution in [2.24, 2.45) is 0 Å². The van der Waals surface area contributed by atoms with Gasteiger partial charge in [0, 0.05) is 58.4 Å². The Hall–Kier alpha value is -6.53. The minimum atomic E-state index is 0.856. The average molecular weight is 603 g/mol. The molecule has 0 saturated heterocycles. The SMILES string of the molecule is c1cc(-c2cccc(-c3nc4c(nc5ccccn54)c4ccccc34)c2)cc(-c2cc(-c3ccncc3)nc(-c3ccncc3)c2)c1. The molecule has 6 nitrogen and oxygen atoms in total. The molecule has 0 N–H and O–H groups in total. The topological polar surface area (TPSA) is 68.9 Å². The van der Waals surface area contributed by atoms with Crippen LogP contribution in [0, 0.1) is 0 Å². The molecule has 6 heterocycles. The van der Waals surface area contributed by atoms with Crippen LogP contribution in [0.2, 0.25) is 0 Å². The van der Waals surface area contributed by atoms with Crippen LogP contribution in [-0.4, -0.2) is 29.3 Å². The molecular weight excluding hydrogens is 576 g/mol. The summed E-state index contributed by atoms with van der Waals surface area (Å²) in [5.74, 6) is 0. The molecule has 9 aromatic rings. The zero-order valence-electron chi connectivity index (χ0n) is 25.2. The molecule has 0 aliphatic carbocycles. The number of hydrogen-bond donors (Lipinski definition) is 0. The Kier molecular flexibility index (Phi) is 6.35.